The van der Waals surface area contributed by atoms with E-state index in [0.717, 1.165) is 12.0 Å². The lowest BCUT2D eigenvalue weighted by molar-refractivity contribution is -0.123. The molecule has 3 aliphatic rings. The molecule has 4 atom stereocenters. The molecule has 2 aromatic rings. The Bertz CT molecular complexity index is 872. The van der Waals surface area contributed by atoms with Gasteiger partial charge in [0.1, 0.15) is 5.82 Å². The molecule has 5 nitrogen and oxygen atoms in total. The monoisotopic (exact) mass is 337 g/mol. The van der Waals surface area contributed by atoms with Crippen LogP contribution in [0.25, 0.3) is 0 Å². The van der Waals surface area contributed by atoms with E-state index in [1.165, 1.54) is 17.0 Å². The molecule has 1 saturated heterocycles. The third kappa shape index (κ3) is 2.10. The Labute approximate surface area is 143 Å². The van der Waals surface area contributed by atoms with E-state index in [2.05, 4.69) is 17.3 Å². The summed E-state index contributed by atoms with van der Waals surface area (Å²) in [6, 6.07) is 7.87. The quantitative estimate of drug-likeness (QED) is 0.638. The zero-order valence-corrected chi connectivity index (χ0v) is 13.4. The SMILES string of the molecule is O=C1[C@@H]2[C@@H](C(=O)N1c1ccn(Cc3ccc(F)cc3)n1)[C@H]1C=C[C@@H]2C1. The summed E-state index contributed by atoms with van der Waals surface area (Å²) in [5.41, 5.74) is 0.897. The van der Waals surface area contributed by atoms with Crippen molar-refractivity contribution in [2.45, 2.75) is 13.0 Å². The predicted molar refractivity (Wildman–Crippen MR) is 87.9 cm³/mol. The summed E-state index contributed by atoms with van der Waals surface area (Å²) in [4.78, 5) is 26.8. The lowest BCUT2D eigenvalue weighted by atomic mass is 9.85. The Morgan fingerprint density at radius 1 is 1.00 bits per heavy atom. The predicted octanol–water partition coefficient (Wildman–Crippen LogP) is 2.38. The number of nitrogens with zero attached hydrogens (tertiary/aromatic N) is 3. The maximum Gasteiger partial charge on any atom is 0.239 e. The molecule has 0 N–H and O–H groups in total. The molecule has 2 amide bonds. The molecule has 1 aliphatic heterocycles. The average molecular weight is 337 g/mol. The van der Waals surface area contributed by atoms with Crippen molar-refractivity contribution in [2.24, 2.45) is 23.7 Å². The standard InChI is InChI=1S/C19H16FN3O2/c20-14-5-1-11(2-6-14)10-22-8-7-15(21-22)23-18(24)16-12-3-4-13(9-12)17(16)19(23)25/h1-8,12-13,16-17H,9-10H2/t12-,13+,16-,17-/m0/s1. The number of amides is 2. The van der Waals surface area contributed by atoms with Gasteiger partial charge in [0, 0.05) is 12.3 Å². The van der Waals surface area contributed by atoms with E-state index in [4.69, 9.17) is 0 Å². The number of imide groups is 1. The van der Waals surface area contributed by atoms with E-state index in [-0.39, 0.29) is 41.3 Å². The van der Waals surface area contributed by atoms with E-state index in [0.29, 0.717) is 12.4 Å². The topological polar surface area (TPSA) is 55.2 Å². The van der Waals surface area contributed by atoms with Gasteiger partial charge < -0.3 is 0 Å². The Hall–Kier alpha value is -2.76. The number of hydrogen-bond donors (Lipinski definition) is 0. The first-order valence-electron chi connectivity index (χ1n) is 8.46. The molecule has 2 fully saturated rings. The fourth-order valence-electron chi connectivity index (χ4n) is 4.46. The lowest BCUT2D eigenvalue weighted by Crippen LogP contribution is -2.33. The van der Waals surface area contributed by atoms with E-state index in [1.54, 1.807) is 29.1 Å². The summed E-state index contributed by atoms with van der Waals surface area (Å²) >= 11 is 0. The zero-order chi connectivity index (χ0) is 17.1. The fraction of sp³-hybridized carbons (Fsp3) is 0.316. The van der Waals surface area contributed by atoms with Crippen molar-refractivity contribution in [3.8, 4) is 0 Å². The van der Waals surface area contributed by atoms with Gasteiger partial charge in [-0.1, -0.05) is 24.3 Å². The molecular weight excluding hydrogens is 321 g/mol. The van der Waals surface area contributed by atoms with Crippen LogP contribution in [0.15, 0.2) is 48.7 Å². The van der Waals surface area contributed by atoms with E-state index in [1.807, 2.05) is 0 Å². The first-order valence-corrected chi connectivity index (χ1v) is 8.46. The third-order valence-electron chi connectivity index (χ3n) is 5.58. The Morgan fingerprint density at radius 2 is 1.64 bits per heavy atom. The molecule has 1 aromatic heterocycles. The molecular formula is C19H16FN3O2. The summed E-state index contributed by atoms with van der Waals surface area (Å²) in [7, 11) is 0. The van der Waals surface area contributed by atoms with Crippen molar-refractivity contribution in [1.29, 1.82) is 0 Å². The number of carbonyl (C=O) groups is 2. The highest BCUT2D eigenvalue weighted by Crippen LogP contribution is 2.52. The largest absolute Gasteiger partial charge is 0.274 e. The second-order valence-corrected chi connectivity index (χ2v) is 7.01. The third-order valence-corrected chi connectivity index (χ3v) is 5.58. The Morgan fingerprint density at radius 3 is 2.28 bits per heavy atom. The van der Waals surface area contributed by atoms with Gasteiger partial charge in [-0.2, -0.15) is 5.10 Å². The number of hydrogen-bond acceptors (Lipinski definition) is 3. The van der Waals surface area contributed by atoms with Gasteiger partial charge >= 0.3 is 0 Å². The van der Waals surface area contributed by atoms with Crippen LogP contribution in [0.4, 0.5) is 10.2 Å². The molecule has 2 heterocycles. The number of benzene rings is 1. The zero-order valence-electron chi connectivity index (χ0n) is 13.4. The van der Waals surface area contributed by atoms with Crippen LogP contribution in [0, 0.1) is 29.5 Å². The molecule has 2 aliphatic carbocycles. The molecule has 6 heteroatoms. The van der Waals surface area contributed by atoms with Crippen molar-refractivity contribution in [3.63, 3.8) is 0 Å². The van der Waals surface area contributed by atoms with Gasteiger partial charge in [0.05, 0.1) is 18.4 Å². The molecule has 126 valence electrons. The molecule has 25 heavy (non-hydrogen) atoms. The van der Waals surface area contributed by atoms with Crippen LogP contribution < -0.4 is 4.90 Å². The van der Waals surface area contributed by atoms with Crippen LogP contribution in [-0.2, 0) is 16.1 Å². The highest BCUT2D eigenvalue weighted by atomic mass is 19.1. The number of rotatable bonds is 3. The lowest BCUT2D eigenvalue weighted by Gasteiger charge is -2.14. The number of allylic oxidation sites excluding steroid dienone is 2. The second-order valence-electron chi connectivity index (χ2n) is 7.01. The van der Waals surface area contributed by atoms with Crippen LogP contribution in [0.1, 0.15) is 12.0 Å². The summed E-state index contributed by atoms with van der Waals surface area (Å²) in [6.45, 7) is 0.455. The molecule has 1 saturated carbocycles. The molecule has 2 bridgehead atoms. The maximum atomic E-state index is 13.0. The number of carbonyl (C=O) groups excluding carboxylic acids is 2. The Balaban J connectivity index is 1.40. The minimum Gasteiger partial charge on any atom is -0.274 e. The summed E-state index contributed by atoms with van der Waals surface area (Å²) in [5, 5.41) is 4.40. The minimum absolute atomic E-state index is 0.126. The average Bonchev–Trinajstić information content (AvgIpc) is 3.35. The highest BCUT2D eigenvalue weighted by molar-refractivity contribution is 6.22. The van der Waals surface area contributed by atoms with Crippen LogP contribution in [0.5, 0.6) is 0 Å². The number of halogens is 1. The van der Waals surface area contributed by atoms with Gasteiger partial charge in [-0.3, -0.25) is 14.3 Å². The molecule has 0 unspecified atom stereocenters. The van der Waals surface area contributed by atoms with Crippen LogP contribution in [0.3, 0.4) is 0 Å². The smallest absolute Gasteiger partial charge is 0.239 e. The van der Waals surface area contributed by atoms with Gasteiger partial charge in [-0.05, 0) is 36.0 Å². The van der Waals surface area contributed by atoms with Gasteiger partial charge in [-0.15, -0.1) is 0 Å². The number of fused-ring (bicyclic) bond motifs is 5. The minimum atomic E-state index is -0.284. The molecule has 0 radical (unpaired) electrons. The Kier molecular flexibility index (Phi) is 2.98. The van der Waals surface area contributed by atoms with Crippen molar-refractivity contribution in [1.82, 2.24) is 9.78 Å². The van der Waals surface area contributed by atoms with Crippen molar-refractivity contribution in [2.75, 3.05) is 4.90 Å². The first kappa shape index (κ1) is 14.6. The molecule has 0 spiro atoms. The van der Waals surface area contributed by atoms with Gasteiger partial charge in [-0.25, -0.2) is 9.29 Å². The normalized spacial score (nSPS) is 29.7. The highest BCUT2D eigenvalue weighted by Gasteiger charge is 2.59. The maximum absolute atomic E-state index is 13.0. The van der Waals surface area contributed by atoms with E-state index >= 15 is 0 Å². The van der Waals surface area contributed by atoms with Gasteiger partial charge in [0.2, 0.25) is 11.8 Å². The second kappa shape index (κ2) is 5.12. The van der Waals surface area contributed by atoms with Crippen molar-refractivity contribution in [3.05, 3.63) is 60.1 Å². The van der Waals surface area contributed by atoms with Crippen molar-refractivity contribution < 1.29 is 14.0 Å². The van der Waals surface area contributed by atoms with Gasteiger partial charge in [0.15, 0.2) is 5.82 Å². The van der Waals surface area contributed by atoms with E-state index < -0.39 is 0 Å². The number of anilines is 1. The molecule has 5 rings (SSSR count). The first-order chi connectivity index (χ1) is 12.1. The van der Waals surface area contributed by atoms with Crippen LogP contribution in [-0.4, -0.2) is 21.6 Å². The number of aromatic nitrogens is 2. The summed E-state index contributed by atoms with van der Waals surface area (Å²) < 4.78 is 14.6. The summed E-state index contributed by atoms with van der Waals surface area (Å²) in [5.74, 6) is -0.207. The van der Waals surface area contributed by atoms with Crippen LogP contribution >= 0.6 is 0 Å². The van der Waals surface area contributed by atoms with Gasteiger partial charge in [0.25, 0.3) is 0 Å². The molecule has 1 aromatic carbocycles. The fourth-order valence-corrected chi connectivity index (χ4v) is 4.46. The van der Waals surface area contributed by atoms with Crippen LogP contribution in [0.2, 0.25) is 0 Å². The van der Waals surface area contributed by atoms with Crippen molar-refractivity contribution >= 4 is 17.6 Å². The summed E-state index contributed by atoms with van der Waals surface area (Å²) in [6.07, 6.45) is 6.81. The van der Waals surface area contributed by atoms with E-state index in [9.17, 15) is 14.0 Å².